The minimum Gasteiger partial charge on any atom is -0.458 e. The van der Waals surface area contributed by atoms with Crippen LogP contribution in [0, 0.1) is 0 Å². The number of sulfonamides is 1. The van der Waals surface area contributed by atoms with Crippen LogP contribution < -0.4 is 9.46 Å². The lowest BCUT2D eigenvalue weighted by atomic mass is 10.0. The number of hydrogen-bond acceptors (Lipinski definition) is 3. The molecule has 0 atom stereocenters. The van der Waals surface area contributed by atoms with Crippen molar-refractivity contribution in [2.45, 2.75) is 31.4 Å². The largest absolute Gasteiger partial charge is 0.458 e. The molecule has 0 amide bonds. The first-order valence-electron chi connectivity index (χ1n) is 7.44. The van der Waals surface area contributed by atoms with E-state index in [9.17, 15) is 39.2 Å². The van der Waals surface area contributed by atoms with Gasteiger partial charge in [0.05, 0.1) is 5.75 Å². The van der Waals surface area contributed by atoms with Crippen molar-refractivity contribution < 1.29 is 43.9 Å². The van der Waals surface area contributed by atoms with Gasteiger partial charge >= 0.3 is 12.4 Å². The molecule has 1 aromatic carbocycles. The Morgan fingerprint density at radius 2 is 1.46 bits per heavy atom. The fraction of sp³-hybridized carbons (Fsp3) is 0.375. The number of ether oxygens (including phenoxy) is 1. The van der Waals surface area contributed by atoms with Crippen LogP contribution in [0.5, 0.6) is 5.75 Å². The molecule has 28 heavy (non-hydrogen) atoms. The molecule has 1 N–H and O–H groups in total. The first kappa shape index (κ1) is 23.8. The van der Waals surface area contributed by atoms with E-state index in [4.69, 9.17) is 4.74 Å². The van der Waals surface area contributed by atoms with Crippen molar-refractivity contribution in [3.05, 3.63) is 48.8 Å². The second-order valence-electron chi connectivity index (χ2n) is 5.80. The summed E-state index contributed by atoms with van der Waals surface area (Å²) in [4.78, 5) is 0. The van der Waals surface area contributed by atoms with Gasteiger partial charge in [-0.3, -0.25) is 4.72 Å². The van der Waals surface area contributed by atoms with Crippen LogP contribution in [0.2, 0.25) is 0 Å². The summed E-state index contributed by atoms with van der Waals surface area (Å²) in [7, 11) is -4.70. The lowest BCUT2D eigenvalue weighted by Crippen LogP contribution is -2.54. The number of benzene rings is 1. The lowest BCUT2D eigenvalue weighted by Gasteiger charge is -2.29. The smallest absolute Gasteiger partial charge is 0.431 e. The molecule has 12 heteroatoms. The molecule has 0 aromatic heterocycles. The van der Waals surface area contributed by atoms with Gasteiger partial charge < -0.3 is 4.74 Å². The zero-order valence-corrected chi connectivity index (χ0v) is 15.2. The summed E-state index contributed by atoms with van der Waals surface area (Å²) in [6.07, 6.45) is -15.0. The highest BCUT2D eigenvalue weighted by Gasteiger charge is 2.72. The van der Waals surface area contributed by atoms with Crippen LogP contribution in [0.25, 0.3) is 0 Å². The van der Waals surface area contributed by atoms with Crippen LogP contribution in [0.15, 0.2) is 48.8 Å². The first-order valence-corrected chi connectivity index (χ1v) is 9.09. The molecule has 0 aliphatic rings. The predicted molar refractivity (Wildman–Crippen MR) is 89.0 cm³/mol. The molecule has 0 unspecified atom stereocenters. The molecule has 0 aliphatic carbocycles. The van der Waals surface area contributed by atoms with Gasteiger partial charge in [-0.2, -0.15) is 26.3 Å². The average molecular weight is 435 g/mol. The Labute approximate surface area is 156 Å². The fourth-order valence-electron chi connectivity index (χ4n) is 1.77. The minimum absolute atomic E-state index is 0.170. The topological polar surface area (TPSA) is 55.4 Å². The highest BCUT2D eigenvalue weighted by molar-refractivity contribution is 7.92. The number of rotatable bonds is 8. The van der Waals surface area contributed by atoms with E-state index in [-0.39, 0.29) is 17.2 Å². The van der Waals surface area contributed by atoms with Gasteiger partial charge in [-0.1, -0.05) is 13.2 Å². The van der Waals surface area contributed by atoms with Gasteiger partial charge in [0.1, 0.15) is 11.5 Å². The van der Waals surface area contributed by atoms with Crippen molar-refractivity contribution in [3.8, 4) is 5.75 Å². The molecule has 0 radical (unpaired) electrons. The third kappa shape index (κ3) is 5.88. The number of nitrogens with one attached hydrogen (secondary N) is 1. The minimum atomic E-state index is -6.31. The predicted octanol–water partition coefficient (Wildman–Crippen LogP) is 5.12. The lowest BCUT2D eigenvalue weighted by molar-refractivity contribution is -0.341. The van der Waals surface area contributed by atoms with Gasteiger partial charge in [-0.05, 0) is 36.8 Å². The van der Waals surface area contributed by atoms with E-state index in [1.165, 1.54) is 12.1 Å². The number of allylic oxidation sites excluding steroid dienone is 1. The zero-order valence-electron chi connectivity index (χ0n) is 14.4. The maximum atomic E-state index is 13.5. The number of halogens is 7. The van der Waals surface area contributed by atoms with Crippen molar-refractivity contribution in [1.82, 2.24) is 0 Å². The summed E-state index contributed by atoms with van der Waals surface area (Å²) in [5, 5.41) is 0. The second-order valence-corrected chi connectivity index (χ2v) is 7.64. The number of alkyl halides is 7. The van der Waals surface area contributed by atoms with E-state index >= 15 is 0 Å². The van der Waals surface area contributed by atoms with Gasteiger partial charge in [0.15, 0.2) is 0 Å². The normalized spacial score (nSPS) is 13.1. The van der Waals surface area contributed by atoms with Crippen LogP contribution in [-0.4, -0.2) is 32.2 Å². The summed E-state index contributed by atoms with van der Waals surface area (Å²) in [5.74, 6) is -1.28. The van der Waals surface area contributed by atoms with Crippen molar-refractivity contribution >= 4 is 15.7 Å². The number of anilines is 1. The first-order chi connectivity index (χ1) is 12.5. The Balaban J connectivity index is 2.86. The Bertz CT molecular complexity index is 813. The molecule has 0 heterocycles. The van der Waals surface area contributed by atoms with E-state index in [0.29, 0.717) is 5.57 Å². The zero-order chi connectivity index (χ0) is 22.0. The highest BCUT2D eigenvalue weighted by atomic mass is 32.2. The van der Waals surface area contributed by atoms with E-state index in [2.05, 4.69) is 13.2 Å². The van der Waals surface area contributed by atoms with E-state index < -0.39 is 40.2 Å². The van der Waals surface area contributed by atoms with Crippen LogP contribution in [-0.2, 0) is 10.0 Å². The van der Waals surface area contributed by atoms with Crippen LogP contribution in [0.4, 0.5) is 36.4 Å². The summed E-state index contributed by atoms with van der Waals surface area (Å²) in [6.45, 7) is 8.77. The van der Waals surface area contributed by atoms with E-state index in [1.807, 2.05) is 0 Å². The molecule has 158 valence electrons. The van der Waals surface area contributed by atoms with E-state index in [1.54, 1.807) is 11.6 Å². The van der Waals surface area contributed by atoms with Crippen LogP contribution >= 0.6 is 0 Å². The highest BCUT2D eigenvalue weighted by Crippen LogP contribution is 2.48. The standard InChI is InChI=1S/C16H16F7NO3S/c1-10(2)11(3)27-13-6-4-12(5-7-13)24-28(25,26)9-8-14(17,15(18,19)20)16(21,22)23/h4-7,24H,1,3,8-9H2,2H3. The Morgan fingerprint density at radius 1 is 1.00 bits per heavy atom. The summed E-state index contributed by atoms with van der Waals surface area (Å²) < 4.78 is 119. The van der Waals surface area contributed by atoms with Crippen molar-refractivity contribution in [1.29, 1.82) is 0 Å². The van der Waals surface area contributed by atoms with Crippen molar-refractivity contribution in [2.75, 3.05) is 10.5 Å². The molecule has 0 saturated carbocycles. The van der Waals surface area contributed by atoms with Gasteiger partial charge in [0, 0.05) is 12.1 Å². The van der Waals surface area contributed by atoms with Crippen LogP contribution in [0.3, 0.4) is 0 Å². The summed E-state index contributed by atoms with van der Waals surface area (Å²) in [6, 6.07) is 4.84. The van der Waals surface area contributed by atoms with Crippen LogP contribution in [0.1, 0.15) is 13.3 Å². The van der Waals surface area contributed by atoms with E-state index in [0.717, 1.165) is 12.1 Å². The maximum absolute atomic E-state index is 13.5. The second kappa shape index (κ2) is 8.02. The fourth-order valence-corrected chi connectivity index (χ4v) is 2.92. The summed E-state index contributed by atoms with van der Waals surface area (Å²) >= 11 is 0. The van der Waals surface area contributed by atoms with Crippen molar-refractivity contribution in [3.63, 3.8) is 0 Å². The maximum Gasteiger partial charge on any atom is 0.431 e. The van der Waals surface area contributed by atoms with Gasteiger partial charge in [0.2, 0.25) is 10.0 Å². The molecule has 0 aliphatic heterocycles. The SMILES string of the molecule is C=C(C)C(=C)Oc1ccc(NS(=O)(=O)CCC(F)(C(F)(F)F)C(F)(F)F)cc1. The van der Waals surface area contributed by atoms with Gasteiger partial charge in [-0.25, -0.2) is 12.8 Å². The Hall–Kier alpha value is -2.24. The molecular formula is C16H16F7NO3S. The molecule has 1 aromatic rings. The van der Waals surface area contributed by atoms with Gasteiger partial charge in [-0.15, -0.1) is 0 Å². The van der Waals surface area contributed by atoms with Crippen molar-refractivity contribution in [2.24, 2.45) is 0 Å². The molecule has 4 nitrogen and oxygen atoms in total. The Kier molecular flexibility index (Phi) is 6.81. The third-order valence-corrected chi connectivity index (χ3v) is 4.75. The quantitative estimate of drug-likeness (QED) is 0.350. The Morgan fingerprint density at radius 3 is 1.86 bits per heavy atom. The molecular weight excluding hydrogens is 419 g/mol. The summed E-state index contributed by atoms with van der Waals surface area (Å²) in [5.41, 5.74) is -5.29. The van der Waals surface area contributed by atoms with Gasteiger partial charge in [0.25, 0.3) is 5.67 Å². The monoisotopic (exact) mass is 435 g/mol. The molecule has 0 spiro atoms. The average Bonchev–Trinajstić information content (AvgIpc) is 2.52. The molecule has 0 fully saturated rings. The molecule has 0 saturated heterocycles. The molecule has 1 rings (SSSR count). The molecule has 0 bridgehead atoms. The number of hydrogen-bond donors (Lipinski definition) is 1. The third-order valence-electron chi connectivity index (χ3n) is 3.46.